The SMILES string of the molecule is CCCCCCCCCCCCC/C=C\CCCCCCCCCC(=O)NC(COP(=O)([O-])OCC[N+](C)(C)C)C(O)CCCCCCCCCCCCCCCCCCC. The Bertz CT molecular complexity index is 1000. The van der Waals surface area contributed by atoms with Crippen molar-refractivity contribution < 1.29 is 32.9 Å². The number of aliphatic hydroxyl groups excluding tert-OH is 1. The number of unbranched alkanes of at least 4 members (excludes halogenated alkanes) is 34. The molecule has 0 aromatic carbocycles. The van der Waals surface area contributed by atoms with Crippen molar-refractivity contribution >= 4 is 13.7 Å². The van der Waals surface area contributed by atoms with Crippen LogP contribution in [-0.2, 0) is 18.4 Å². The number of amides is 1. The smallest absolute Gasteiger partial charge is 0.268 e. The van der Waals surface area contributed by atoms with Crippen LogP contribution in [0.25, 0.3) is 0 Å². The van der Waals surface area contributed by atoms with Crippen LogP contribution in [-0.4, -0.2) is 68.5 Å². The van der Waals surface area contributed by atoms with E-state index in [0.717, 1.165) is 38.5 Å². The van der Waals surface area contributed by atoms with Gasteiger partial charge < -0.3 is 28.8 Å². The first-order chi connectivity index (χ1) is 29.5. The highest BCUT2D eigenvalue weighted by Crippen LogP contribution is 2.38. The van der Waals surface area contributed by atoms with Gasteiger partial charge >= 0.3 is 0 Å². The number of likely N-dealkylation sites (N-methyl/N-ethyl adjacent to an activating group) is 1. The second-order valence-corrected chi connectivity index (χ2v) is 21.0. The largest absolute Gasteiger partial charge is 0.756 e. The first-order valence-corrected chi connectivity index (χ1v) is 28.0. The minimum atomic E-state index is -4.57. The minimum Gasteiger partial charge on any atom is -0.756 e. The third kappa shape index (κ3) is 47.0. The van der Waals surface area contributed by atoms with Gasteiger partial charge in [0.2, 0.25) is 5.91 Å². The molecule has 0 radical (unpaired) electrons. The molecule has 0 fully saturated rings. The number of allylic oxidation sites excluding steroid dienone is 2. The maximum Gasteiger partial charge on any atom is 0.268 e. The van der Waals surface area contributed by atoms with Crippen molar-refractivity contribution in [2.75, 3.05) is 40.9 Å². The molecule has 0 aliphatic rings. The molecule has 2 N–H and O–H groups in total. The summed E-state index contributed by atoms with van der Waals surface area (Å²) in [5.74, 6) is -0.165. The van der Waals surface area contributed by atoms with Crippen LogP contribution in [0.1, 0.15) is 264 Å². The second kappa shape index (κ2) is 44.4. The fourth-order valence-electron chi connectivity index (χ4n) is 8.04. The summed E-state index contributed by atoms with van der Waals surface area (Å²) in [4.78, 5) is 25.5. The number of aliphatic hydroxyl groups is 1. The normalized spacial score (nSPS) is 14.1. The molecule has 364 valence electrons. The fourth-order valence-corrected chi connectivity index (χ4v) is 8.76. The van der Waals surface area contributed by atoms with Gasteiger partial charge in [-0.3, -0.25) is 9.36 Å². The molecule has 3 unspecified atom stereocenters. The Labute approximate surface area is 380 Å². The molecule has 0 aromatic heterocycles. The monoisotopic (exact) mass is 885 g/mol. The summed E-state index contributed by atoms with van der Waals surface area (Å²) in [6.45, 7) is 4.75. The molecule has 0 saturated carbocycles. The predicted molar refractivity (Wildman–Crippen MR) is 261 cm³/mol. The second-order valence-electron chi connectivity index (χ2n) is 19.6. The van der Waals surface area contributed by atoms with Crippen molar-refractivity contribution in [2.24, 2.45) is 0 Å². The summed E-state index contributed by atoms with van der Waals surface area (Å²) in [5, 5.41) is 14.0. The average molecular weight is 885 g/mol. The molecule has 3 atom stereocenters. The van der Waals surface area contributed by atoms with Crippen molar-refractivity contribution in [2.45, 2.75) is 276 Å². The van der Waals surface area contributed by atoms with Crippen molar-refractivity contribution in [1.82, 2.24) is 5.32 Å². The van der Waals surface area contributed by atoms with Gasteiger partial charge in [0, 0.05) is 6.42 Å². The van der Waals surface area contributed by atoms with Gasteiger partial charge in [-0.05, 0) is 38.5 Å². The molecule has 0 aromatic rings. The van der Waals surface area contributed by atoms with Gasteiger partial charge in [0.15, 0.2) is 0 Å². The standard InChI is InChI=1S/C52H105N2O6P/c1-6-8-10-12-14-16-18-20-22-24-25-26-27-28-30-32-34-36-38-40-42-44-46-52(56)53-50(49-60-61(57,58)59-48-47-54(3,4)5)51(55)45-43-41-39-37-35-33-31-29-23-21-19-17-15-13-11-9-7-2/h27-28,50-51,55H,6-26,29-49H2,1-5H3,(H-,53,56,57,58)/b28-27-. The van der Waals surface area contributed by atoms with Gasteiger partial charge in [-0.2, -0.15) is 0 Å². The molecule has 0 aliphatic heterocycles. The first-order valence-electron chi connectivity index (χ1n) is 26.5. The van der Waals surface area contributed by atoms with Gasteiger partial charge in [-0.25, -0.2) is 0 Å². The third-order valence-corrected chi connectivity index (χ3v) is 13.2. The topological polar surface area (TPSA) is 108 Å². The van der Waals surface area contributed by atoms with E-state index in [9.17, 15) is 19.4 Å². The van der Waals surface area contributed by atoms with E-state index in [2.05, 4.69) is 31.3 Å². The minimum absolute atomic E-state index is 0.0136. The lowest BCUT2D eigenvalue weighted by Crippen LogP contribution is -2.46. The quantitative estimate of drug-likeness (QED) is 0.0273. The highest BCUT2D eigenvalue weighted by Gasteiger charge is 2.24. The van der Waals surface area contributed by atoms with E-state index in [1.807, 2.05) is 21.1 Å². The molecular weight excluding hydrogens is 780 g/mol. The number of quaternary nitrogens is 1. The molecule has 9 heteroatoms. The zero-order chi connectivity index (χ0) is 45.0. The lowest BCUT2D eigenvalue weighted by atomic mass is 10.0. The Kier molecular flexibility index (Phi) is 43.9. The highest BCUT2D eigenvalue weighted by atomic mass is 31.2. The van der Waals surface area contributed by atoms with Gasteiger partial charge in [-0.1, -0.05) is 231 Å². The lowest BCUT2D eigenvalue weighted by Gasteiger charge is -2.30. The molecule has 0 saturated heterocycles. The molecule has 61 heavy (non-hydrogen) atoms. The maximum absolute atomic E-state index is 12.9. The molecule has 0 spiro atoms. The Morgan fingerprint density at radius 1 is 0.557 bits per heavy atom. The molecular formula is C52H105N2O6P. The van der Waals surface area contributed by atoms with Gasteiger partial charge in [0.1, 0.15) is 13.2 Å². The van der Waals surface area contributed by atoms with Crippen LogP contribution in [0.5, 0.6) is 0 Å². The number of phosphoric acid groups is 1. The summed E-state index contributed by atoms with van der Waals surface area (Å²) in [6, 6.07) is -0.799. The number of carbonyl (C=O) groups is 1. The molecule has 1 amide bonds. The Morgan fingerprint density at radius 3 is 1.28 bits per heavy atom. The Balaban J connectivity index is 4.21. The van der Waals surface area contributed by atoms with Crippen LogP contribution in [0.3, 0.4) is 0 Å². The summed E-state index contributed by atoms with van der Waals surface area (Å²) < 4.78 is 23.4. The fraction of sp³-hybridized carbons (Fsp3) is 0.942. The van der Waals surface area contributed by atoms with E-state index in [0.29, 0.717) is 23.9 Å². The Hall–Kier alpha value is -0.760. The number of carbonyl (C=O) groups excluding carboxylic acids is 1. The van der Waals surface area contributed by atoms with Crippen LogP contribution in [0.15, 0.2) is 12.2 Å². The number of nitrogens with zero attached hydrogens (tertiary/aromatic N) is 1. The van der Waals surface area contributed by atoms with Crippen LogP contribution in [0, 0.1) is 0 Å². The van der Waals surface area contributed by atoms with Gasteiger partial charge in [-0.15, -0.1) is 0 Å². The van der Waals surface area contributed by atoms with Gasteiger partial charge in [0.05, 0.1) is 39.9 Å². The van der Waals surface area contributed by atoms with Crippen LogP contribution in [0.2, 0.25) is 0 Å². The van der Waals surface area contributed by atoms with Crippen molar-refractivity contribution in [1.29, 1.82) is 0 Å². The predicted octanol–water partition coefficient (Wildman–Crippen LogP) is 14.8. The van der Waals surface area contributed by atoms with Crippen LogP contribution < -0.4 is 10.2 Å². The summed E-state index contributed by atoms with van der Waals surface area (Å²) in [6.07, 6.45) is 52.2. The van der Waals surface area contributed by atoms with Crippen molar-refractivity contribution in [3.05, 3.63) is 12.2 Å². The maximum atomic E-state index is 12.9. The number of hydrogen-bond donors (Lipinski definition) is 2. The van der Waals surface area contributed by atoms with E-state index < -0.39 is 20.0 Å². The first kappa shape index (κ1) is 60.2. The highest BCUT2D eigenvalue weighted by molar-refractivity contribution is 7.45. The number of nitrogens with one attached hydrogen (secondary N) is 1. The molecule has 0 rings (SSSR count). The molecule has 8 nitrogen and oxygen atoms in total. The summed E-state index contributed by atoms with van der Waals surface area (Å²) in [7, 11) is 1.31. The van der Waals surface area contributed by atoms with Gasteiger partial charge in [0.25, 0.3) is 7.82 Å². The van der Waals surface area contributed by atoms with E-state index in [-0.39, 0.29) is 19.1 Å². The number of rotatable bonds is 49. The van der Waals surface area contributed by atoms with Crippen molar-refractivity contribution in [3.63, 3.8) is 0 Å². The summed E-state index contributed by atoms with van der Waals surface area (Å²) in [5.41, 5.74) is 0. The Morgan fingerprint density at radius 2 is 0.902 bits per heavy atom. The van der Waals surface area contributed by atoms with E-state index in [4.69, 9.17) is 9.05 Å². The zero-order valence-electron chi connectivity index (χ0n) is 41.4. The van der Waals surface area contributed by atoms with Crippen LogP contribution in [0.4, 0.5) is 0 Å². The molecule has 0 bridgehead atoms. The van der Waals surface area contributed by atoms with Crippen molar-refractivity contribution in [3.8, 4) is 0 Å². The molecule has 0 heterocycles. The average Bonchev–Trinajstić information content (AvgIpc) is 3.21. The zero-order valence-corrected chi connectivity index (χ0v) is 42.3. The lowest BCUT2D eigenvalue weighted by molar-refractivity contribution is -0.870. The third-order valence-electron chi connectivity index (χ3n) is 12.3. The van der Waals surface area contributed by atoms with Crippen LogP contribution >= 0.6 is 7.82 Å². The van der Waals surface area contributed by atoms with E-state index in [1.165, 1.54) is 199 Å². The number of hydrogen-bond acceptors (Lipinski definition) is 6. The van der Waals surface area contributed by atoms with E-state index >= 15 is 0 Å². The summed E-state index contributed by atoms with van der Waals surface area (Å²) >= 11 is 0. The molecule has 0 aliphatic carbocycles. The number of phosphoric ester groups is 1. The van der Waals surface area contributed by atoms with E-state index in [1.54, 1.807) is 0 Å².